The van der Waals surface area contributed by atoms with Crippen LogP contribution in [0.15, 0.2) is 0 Å². The first-order valence-electron chi connectivity index (χ1n) is 5.94. The zero-order valence-electron chi connectivity index (χ0n) is 10.7. The maximum absolute atomic E-state index is 11.9. The molecule has 1 unspecified atom stereocenters. The molecule has 0 radical (unpaired) electrons. The fourth-order valence-electron chi connectivity index (χ4n) is 1.82. The van der Waals surface area contributed by atoms with Crippen LogP contribution in [0.2, 0.25) is 0 Å². The van der Waals surface area contributed by atoms with Crippen LogP contribution >= 0.6 is 0 Å². The van der Waals surface area contributed by atoms with E-state index in [1.165, 1.54) is 19.0 Å². The van der Waals surface area contributed by atoms with Crippen LogP contribution in [0.1, 0.15) is 26.2 Å². The minimum absolute atomic E-state index is 0.153. The topological polar surface area (TPSA) is 87.7 Å². The summed E-state index contributed by atoms with van der Waals surface area (Å²) in [6, 6.07) is -0.575. The number of methoxy groups -OCH3 is 1. The van der Waals surface area contributed by atoms with E-state index in [1.54, 1.807) is 0 Å². The first-order valence-corrected chi connectivity index (χ1v) is 5.94. The van der Waals surface area contributed by atoms with Crippen molar-refractivity contribution in [3.05, 3.63) is 0 Å². The number of carbonyl (C=O) groups excluding carboxylic acids is 3. The molecule has 7 nitrogen and oxygen atoms in total. The summed E-state index contributed by atoms with van der Waals surface area (Å²) in [5.74, 6) is -0.826. The quantitative estimate of drug-likeness (QED) is 0.643. The molecule has 0 aliphatic carbocycles. The lowest BCUT2D eigenvalue weighted by Crippen LogP contribution is -2.56. The summed E-state index contributed by atoms with van der Waals surface area (Å²) in [6.07, 6.45) is 1.56. The standard InChI is InChI=1S/C11H19N3O4/c1-8(15)12-7-5-10(16)14-9(11(17)18-2)4-3-6-13-14/h9,13H,3-7H2,1-2H3,(H,12,15). The number of rotatable bonds is 4. The number of nitrogens with one attached hydrogen (secondary N) is 2. The molecule has 0 bridgehead atoms. The van der Waals surface area contributed by atoms with Gasteiger partial charge in [0.1, 0.15) is 6.04 Å². The van der Waals surface area contributed by atoms with Gasteiger partial charge in [0.2, 0.25) is 11.8 Å². The second kappa shape index (κ2) is 6.95. The molecule has 0 aromatic heterocycles. The third-order valence-electron chi connectivity index (χ3n) is 2.70. The van der Waals surface area contributed by atoms with Crippen LogP contribution < -0.4 is 10.7 Å². The Hall–Kier alpha value is -1.63. The second-order valence-electron chi connectivity index (χ2n) is 4.09. The Kier molecular flexibility index (Phi) is 5.57. The monoisotopic (exact) mass is 257 g/mol. The number of esters is 1. The predicted octanol–water partition coefficient (Wildman–Crippen LogP) is -0.819. The van der Waals surface area contributed by atoms with Gasteiger partial charge in [-0.25, -0.2) is 10.2 Å². The van der Waals surface area contributed by atoms with Crippen LogP contribution in [-0.4, -0.2) is 49.0 Å². The normalized spacial score (nSPS) is 19.2. The highest BCUT2D eigenvalue weighted by atomic mass is 16.5. The minimum Gasteiger partial charge on any atom is -0.467 e. The van der Waals surface area contributed by atoms with Gasteiger partial charge in [-0.15, -0.1) is 0 Å². The van der Waals surface area contributed by atoms with Crippen molar-refractivity contribution in [3.63, 3.8) is 0 Å². The third-order valence-corrected chi connectivity index (χ3v) is 2.70. The molecular weight excluding hydrogens is 238 g/mol. The Morgan fingerprint density at radius 2 is 2.17 bits per heavy atom. The first-order chi connectivity index (χ1) is 8.56. The number of nitrogens with zero attached hydrogens (tertiary/aromatic N) is 1. The molecule has 1 saturated heterocycles. The Morgan fingerprint density at radius 3 is 2.78 bits per heavy atom. The van der Waals surface area contributed by atoms with E-state index in [1.807, 2.05) is 0 Å². The maximum atomic E-state index is 11.9. The van der Waals surface area contributed by atoms with Crippen molar-refractivity contribution < 1.29 is 19.1 Å². The molecule has 1 rings (SSSR count). The van der Waals surface area contributed by atoms with Gasteiger partial charge in [-0.05, 0) is 12.8 Å². The average molecular weight is 257 g/mol. The van der Waals surface area contributed by atoms with Crippen molar-refractivity contribution in [2.75, 3.05) is 20.2 Å². The van der Waals surface area contributed by atoms with Gasteiger partial charge < -0.3 is 10.1 Å². The van der Waals surface area contributed by atoms with Gasteiger partial charge in [0, 0.05) is 26.4 Å². The predicted molar refractivity (Wildman–Crippen MR) is 63.2 cm³/mol. The molecule has 1 fully saturated rings. The Labute approximate surface area is 106 Å². The first kappa shape index (κ1) is 14.4. The van der Waals surface area contributed by atoms with Crippen molar-refractivity contribution in [2.45, 2.75) is 32.2 Å². The number of hydrogen-bond donors (Lipinski definition) is 2. The van der Waals surface area contributed by atoms with Crippen LogP contribution in [0.4, 0.5) is 0 Å². The largest absolute Gasteiger partial charge is 0.467 e. The van der Waals surface area contributed by atoms with E-state index in [9.17, 15) is 14.4 Å². The molecule has 102 valence electrons. The van der Waals surface area contributed by atoms with Crippen LogP contribution in [0.25, 0.3) is 0 Å². The molecule has 1 aliphatic heterocycles. The number of carbonyl (C=O) groups is 3. The van der Waals surface area contributed by atoms with Gasteiger partial charge in [0.25, 0.3) is 0 Å². The molecule has 0 aromatic carbocycles. The molecule has 2 amide bonds. The fourth-order valence-corrected chi connectivity index (χ4v) is 1.82. The van der Waals surface area contributed by atoms with E-state index in [0.29, 0.717) is 13.0 Å². The molecule has 7 heteroatoms. The van der Waals surface area contributed by atoms with Crippen molar-refractivity contribution in [1.82, 2.24) is 15.8 Å². The van der Waals surface area contributed by atoms with E-state index in [4.69, 9.17) is 0 Å². The second-order valence-corrected chi connectivity index (χ2v) is 4.09. The van der Waals surface area contributed by atoms with E-state index < -0.39 is 12.0 Å². The van der Waals surface area contributed by atoms with Crippen molar-refractivity contribution in [3.8, 4) is 0 Å². The number of ether oxygens (including phenoxy) is 1. The van der Waals surface area contributed by atoms with Gasteiger partial charge in [-0.2, -0.15) is 0 Å². The lowest BCUT2D eigenvalue weighted by Gasteiger charge is -2.34. The average Bonchev–Trinajstić information content (AvgIpc) is 2.37. The van der Waals surface area contributed by atoms with E-state index in [-0.39, 0.29) is 24.8 Å². The number of amides is 2. The summed E-state index contributed by atoms with van der Waals surface area (Å²) in [5, 5.41) is 3.86. The highest BCUT2D eigenvalue weighted by Crippen LogP contribution is 2.12. The SMILES string of the molecule is COC(=O)C1CCCNN1C(=O)CCNC(C)=O. The van der Waals surface area contributed by atoms with E-state index >= 15 is 0 Å². The number of hydrazine groups is 1. The van der Waals surface area contributed by atoms with Crippen LogP contribution in [0.3, 0.4) is 0 Å². The van der Waals surface area contributed by atoms with Crippen molar-refractivity contribution in [1.29, 1.82) is 0 Å². The molecule has 0 aromatic rings. The Balaban J connectivity index is 2.52. The number of hydrogen-bond acceptors (Lipinski definition) is 5. The fraction of sp³-hybridized carbons (Fsp3) is 0.727. The van der Waals surface area contributed by atoms with Crippen LogP contribution in [0, 0.1) is 0 Å². The summed E-state index contributed by atoms with van der Waals surface area (Å²) < 4.78 is 4.67. The minimum atomic E-state index is -0.575. The molecule has 1 heterocycles. The molecule has 1 atom stereocenters. The van der Waals surface area contributed by atoms with Gasteiger partial charge in [0.15, 0.2) is 0 Å². The highest BCUT2D eigenvalue weighted by molar-refractivity contribution is 5.84. The lowest BCUT2D eigenvalue weighted by atomic mass is 10.1. The Bertz CT molecular complexity index is 332. The van der Waals surface area contributed by atoms with Crippen molar-refractivity contribution in [2.24, 2.45) is 0 Å². The van der Waals surface area contributed by atoms with E-state index in [0.717, 1.165) is 6.42 Å². The Morgan fingerprint density at radius 1 is 1.44 bits per heavy atom. The summed E-state index contributed by atoms with van der Waals surface area (Å²) in [5.41, 5.74) is 2.89. The van der Waals surface area contributed by atoms with Gasteiger partial charge >= 0.3 is 5.97 Å². The highest BCUT2D eigenvalue weighted by Gasteiger charge is 2.32. The molecule has 1 aliphatic rings. The van der Waals surface area contributed by atoms with Gasteiger partial charge in [0.05, 0.1) is 7.11 Å². The summed E-state index contributed by atoms with van der Waals surface area (Å²) in [6.45, 7) is 2.31. The van der Waals surface area contributed by atoms with Gasteiger partial charge in [-0.1, -0.05) is 0 Å². The van der Waals surface area contributed by atoms with Gasteiger partial charge in [-0.3, -0.25) is 14.6 Å². The van der Waals surface area contributed by atoms with Crippen LogP contribution in [-0.2, 0) is 19.1 Å². The van der Waals surface area contributed by atoms with Crippen LogP contribution in [0.5, 0.6) is 0 Å². The lowest BCUT2D eigenvalue weighted by molar-refractivity contribution is -0.158. The molecule has 0 spiro atoms. The van der Waals surface area contributed by atoms with Crippen molar-refractivity contribution >= 4 is 17.8 Å². The summed E-state index contributed by atoms with van der Waals surface area (Å²) >= 11 is 0. The molecule has 0 saturated carbocycles. The summed E-state index contributed by atoms with van der Waals surface area (Å²) in [4.78, 5) is 34.1. The maximum Gasteiger partial charge on any atom is 0.330 e. The third kappa shape index (κ3) is 3.99. The molecular formula is C11H19N3O4. The molecule has 18 heavy (non-hydrogen) atoms. The summed E-state index contributed by atoms with van der Waals surface area (Å²) in [7, 11) is 1.30. The zero-order chi connectivity index (χ0) is 13.5. The van der Waals surface area contributed by atoms with E-state index in [2.05, 4.69) is 15.5 Å². The zero-order valence-corrected chi connectivity index (χ0v) is 10.7. The molecule has 2 N–H and O–H groups in total. The smallest absolute Gasteiger partial charge is 0.330 e.